The number of alkyl halides is 3. The molecular weight excluding hydrogens is 492 g/mol. The molecule has 6 heteroatoms. The quantitative estimate of drug-likeness (QED) is 0.164. The summed E-state index contributed by atoms with van der Waals surface area (Å²) in [5.74, 6) is 2.15. The maximum Gasteiger partial charge on any atom is 0.412 e. The van der Waals surface area contributed by atoms with Crippen molar-refractivity contribution in [2.45, 2.75) is 122 Å². The zero-order valence-corrected chi connectivity index (χ0v) is 23.4. The van der Waals surface area contributed by atoms with E-state index >= 15 is 0 Å². The fourth-order valence-corrected chi connectivity index (χ4v) is 7.55. The van der Waals surface area contributed by atoms with Crippen molar-refractivity contribution in [3.63, 3.8) is 0 Å². The first-order valence-corrected chi connectivity index (χ1v) is 15.7. The number of halogens is 4. The Labute approximate surface area is 228 Å². The number of allylic oxidation sites excluding steroid dienone is 4. The minimum Gasteiger partial charge on any atom is -0.352 e. The largest absolute Gasteiger partial charge is 0.412 e. The van der Waals surface area contributed by atoms with Gasteiger partial charge < -0.3 is 9.47 Å². The summed E-state index contributed by atoms with van der Waals surface area (Å²) in [7, 11) is 0. The number of hydrogen-bond donors (Lipinski definition) is 0. The first-order valence-electron chi connectivity index (χ1n) is 15.7. The molecule has 4 rings (SSSR count). The molecule has 218 valence electrons. The number of unbranched alkanes of at least 4 members (excludes halogenated alkanes) is 2. The second-order valence-corrected chi connectivity index (χ2v) is 12.8. The lowest BCUT2D eigenvalue weighted by Gasteiger charge is -2.38. The second kappa shape index (κ2) is 14.7. The predicted molar refractivity (Wildman–Crippen MR) is 144 cm³/mol. The van der Waals surface area contributed by atoms with Crippen molar-refractivity contribution in [3.05, 3.63) is 24.1 Å². The van der Waals surface area contributed by atoms with Gasteiger partial charge in [0, 0.05) is 17.8 Å². The molecule has 0 spiro atoms. The van der Waals surface area contributed by atoms with Crippen molar-refractivity contribution < 1.29 is 27.0 Å². The number of ether oxygens (including phenoxy) is 2. The summed E-state index contributed by atoms with van der Waals surface area (Å²) in [4.78, 5) is 0. The Morgan fingerprint density at radius 3 is 1.71 bits per heavy atom. The summed E-state index contributed by atoms with van der Waals surface area (Å²) in [6.07, 6.45) is 17.8. The highest BCUT2D eigenvalue weighted by Crippen LogP contribution is 2.44. The van der Waals surface area contributed by atoms with Crippen LogP contribution in [-0.2, 0) is 9.47 Å². The van der Waals surface area contributed by atoms with E-state index in [-0.39, 0.29) is 12.4 Å². The number of hydrogen-bond acceptors (Lipinski definition) is 2. The summed E-state index contributed by atoms with van der Waals surface area (Å²) in [5, 5.41) is 0. The third kappa shape index (κ3) is 9.35. The van der Waals surface area contributed by atoms with Gasteiger partial charge in [0.25, 0.3) is 0 Å². The van der Waals surface area contributed by atoms with E-state index in [2.05, 4.69) is 19.1 Å². The molecule has 0 bridgehead atoms. The van der Waals surface area contributed by atoms with Crippen LogP contribution in [0.1, 0.15) is 110 Å². The Balaban J connectivity index is 1.09. The maximum atomic E-state index is 13.9. The van der Waals surface area contributed by atoms with Crippen molar-refractivity contribution in [1.82, 2.24) is 0 Å². The molecule has 0 N–H and O–H groups in total. The Morgan fingerprint density at radius 2 is 1.21 bits per heavy atom. The van der Waals surface area contributed by atoms with E-state index in [1.165, 1.54) is 77.0 Å². The van der Waals surface area contributed by atoms with Crippen LogP contribution in [0, 0.1) is 41.4 Å². The molecule has 0 amide bonds. The van der Waals surface area contributed by atoms with Gasteiger partial charge >= 0.3 is 6.18 Å². The highest BCUT2D eigenvalue weighted by Gasteiger charge is 2.35. The van der Waals surface area contributed by atoms with Gasteiger partial charge in [-0.25, -0.2) is 4.39 Å². The second-order valence-electron chi connectivity index (χ2n) is 12.8. The molecule has 2 nitrogen and oxygen atoms in total. The van der Waals surface area contributed by atoms with Crippen molar-refractivity contribution in [1.29, 1.82) is 0 Å². The molecule has 38 heavy (non-hydrogen) atoms. The van der Waals surface area contributed by atoms with Crippen LogP contribution in [0.5, 0.6) is 0 Å². The normalized spacial score (nSPS) is 38.0. The van der Waals surface area contributed by atoms with E-state index < -0.39 is 17.9 Å². The van der Waals surface area contributed by atoms with Gasteiger partial charge in [-0.05, 0) is 107 Å². The Hall–Kier alpha value is -0.880. The fourth-order valence-electron chi connectivity index (χ4n) is 7.55. The Bertz CT molecular complexity index is 731. The summed E-state index contributed by atoms with van der Waals surface area (Å²) in [5.41, 5.74) is 0. The molecule has 1 heterocycles. The van der Waals surface area contributed by atoms with E-state index in [0.717, 1.165) is 26.1 Å². The fraction of sp³-hybridized carbons (Fsp3) is 0.875. The van der Waals surface area contributed by atoms with Crippen LogP contribution in [0.25, 0.3) is 0 Å². The average Bonchev–Trinajstić information content (AvgIpc) is 2.92. The minimum absolute atomic E-state index is 0.00449. The van der Waals surface area contributed by atoms with E-state index in [0.29, 0.717) is 48.3 Å². The predicted octanol–water partition coefficient (Wildman–Crippen LogP) is 9.95. The zero-order chi connectivity index (χ0) is 27.0. The van der Waals surface area contributed by atoms with E-state index in [1.54, 1.807) is 0 Å². The Kier molecular flexibility index (Phi) is 11.6. The molecule has 0 atom stereocenters. The molecule has 0 aromatic rings. The van der Waals surface area contributed by atoms with Gasteiger partial charge in [0.05, 0.1) is 19.3 Å². The lowest BCUT2D eigenvalue weighted by molar-refractivity contribution is -0.229. The van der Waals surface area contributed by atoms with E-state index in [1.807, 2.05) is 0 Å². The molecule has 0 aromatic heterocycles. The Morgan fingerprint density at radius 1 is 0.711 bits per heavy atom. The smallest absolute Gasteiger partial charge is 0.352 e. The molecule has 3 saturated carbocycles. The molecule has 0 radical (unpaired) electrons. The van der Waals surface area contributed by atoms with Gasteiger partial charge in [0.2, 0.25) is 0 Å². The maximum absolute atomic E-state index is 13.9. The van der Waals surface area contributed by atoms with E-state index in [4.69, 9.17) is 9.47 Å². The summed E-state index contributed by atoms with van der Waals surface area (Å²) >= 11 is 0. The lowest BCUT2D eigenvalue weighted by atomic mass is 9.69. The average molecular weight is 543 g/mol. The van der Waals surface area contributed by atoms with Crippen LogP contribution in [-0.4, -0.2) is 25.7 Å². The van der Waals surface area contributed by atoms with Crippen LogP contribution < -0.4 is 0 Å². The summed E-state index contributed by atoms with van der Waals surface area (Å²) in [6, 6.07) is 0. The van der Waals surface area contributed by atoms with Gasteiger partial charge in [0.1, 0.15) is 5.83 Å². The molecule has 0 aromatic carbocycles. The van der Waals surface area contributed by atoms with Crippen LogP contribution in [0.15, 0.2) is 24.1 Å². The first-order chi connectivity index (χ1) is 18.3. The third-order valence-corrected chi connectivity index (χ3v) is 10.0. The van der Waals surface area contributed by atoms with Crippen LogP contribution in [0.3, 0.4) is 0 Å². The molecule has 4 aliphatic rings. The lowest BCUT2D eigenvalue weighted by Crippen LogP contribution is -2.38. The molecular formula is C32H50F4O2. The minimum atomic E-state index is -4.55. The first kappa shape index (κ1) is 30.1. The summed E-state index contributed by atoms with van der Waals surface area (Å²) in [6.45, 7) is 3.97. The van der Waals surface area contributed by atoms with Crippen molar-refractivity contribution in [2.24, 2.45) is 41.4 Å². The van der Waals surface area contributed by atoms with Gasteiger partial charge in [0.15, 0.2) is 6.29 Å². The molecule has 0 unspecified atom stereocenters. The van der Waals surface area contributed by atoms with Gasteiger partial charge in [-0.3, -0.25) is 0 Å². The van der Waals surface area contributed by atoms with Gasteiger partial charge in [-0.1, -0.05) is 38.3 Å². The van der Waals surface area contributed by atoms with Gasteiger partial charge in [-0.15, -0.1) is 0 Å². The molecule has 1 aliphatic heterocycles. The van der Waals surface area contributed by atoms with Crippen LogP contribution >= 0.6 is 0 Å². The topological polar surface area (TPSA) is 18.5 Å². The van der Waals surface area contributed by atoms with Crippen molar-refractivity contribution in [3.8, 4) is 0 Å². The SMILES string of the molecule is CCCCCC1COC(C2CCC(C=CC3CCC(C4CCC(C(F)=CC(F)(F)F)CC4)CC3)CC2)OC1. The molecule has 4 fully saturated rings. The highest BCUT2D eigenvalue weighted by molar-refractivity contribution is 5.03. The molecule has 3 aliphatic carbocycles. The summed E-state index contributed by atoms with van der Waals surface area (Å²) < 4.78 is 63.6. The number of rotatable bonds is 9. The third-order valence-electron chi connectivity index (χ3n) is 10.0. The van der Waals surface area contributed by atoms with Crippen LogP contribution in [0.2, 0.25) is 0 Å². The highest BCUT2D eigenvalue weighted by atomic mass is 19.4. The van der Waals surface area contributed by atoms with Crippen molar-refractivity contribution >= 4 is 0 Å². The monoisotopic (exact) mass is 542 g/mol. The molecule has 1 saturated heterocycles. The van der Waals surface area contributed by atoms with Gasteiger partial charge in [-0.2, -0.15) is 13.2 Å². The standard InChI is InChI=1S/C32H50F4O2/c1-2-3-4-5-25-21-37-31(38-22-25)29-14-10-24(11-15-29)7-6-23-8-12-26(13-9-23)27-16-18-28(19-17-27)30(33)20-32(34,35)36/h6-7,20,23-29,31H,2-5,8-19,21-22H2,1H3. The van der Waals surface area contributed by atoms with E-state index in [9.17, 15) is 17.6 Å². The zero-order valence-electron chi connectivity index (χ0n) is 23.4. The van der Waals surface area contributed by atoms with Crippen molar-refractivity contribution in [2.75, 3.05) is 13.2 Å². The van der Waals surface area contributed by atoms with Crippen LogP contribution in [0.4, 0.5) is 17.6 Å².